The number of nitrogens with two attached hydrogens (primary N) is 1. The van der Waals surface area contributed by atoms with E-state index in [2.05, 4.69) is 16.0 Å². The number of nitrogens with zero attached hydrogens (tertiary/aromatic N) is 3. The van der Waals surface area contributed by atoms with E-state index < -0.39 is 77.6 Å². The first-order valence-electron chi connectivity index (χ1n) is 19.1. The molecule has 4 rings (SSSR count). The summed E-state index contributed by atoms with van der Waals surface area (Å²) in [6, 6.07) is 11.2. The molecular formula is C42H53N7O10. The molecule has 1 heterocycles. The van der Waals surface area contributed by atoms with Crippen molar-refractivity contribution < 1.29 is 48.5 Å². The maximum atomic E-state index is 14.6. The fraction of sp³-hybridized carbons (Fsp3) is 0.405. The standard InChI is InChI=1S/C42H53N7O10/c1-24-37(53)46-32(19-20-36(43)52)41(57)47(3)33(22-28-11-17-31(59-6)18-12-28)39(55)45-25(2)40(56)49(5)35(23-27-9-15-30(51)16-10-27)42(58)48(4)34(38(54)44-24)21-26-7-13-29(50)14-8-26/h7-18,24-25,32-35,50-51H,19-23H2,1-6H3,(H2,43,52)(H,44,54)(H,45,55)(H,46,53). The fourth-order valence-electron chi connectivity index (χ4n) is 6.73. The number of likely N-dealkylation sites (N-methyl/N-ethyl adjacent to an activating group) is 3. The van der Waals surface area contributed by atoms with Crippen molar-refractivity contribution in [2.45, 2.75) is 82.2 Å². The number of phenolic OH excluding ortho intramolecular Hbond substituents is 2. The Hall–Kier alpha value is -6.65. The summed E-state index contributed by atoms with van der Waals surface area (Å²) in [6.07, 6.45) is -0.690. The molecule has 0 aliphatic carbocycles. The average molecular weight is 816 g/mol. The van der Waals surface area contributed by atoms with Gasteiger partial charge >= 0.3 is 0 Å². The van der Waals surface area contributed by atoms with Gasteiger partial charge in [-0.15, -0.1) is 0 Å². The Labute approximate surface area is 342 Å². The van der Waals surface area contributed by atoms with Crippen LogP contribution in [-0.4, -0.2) is 131 Å². The predicted octanol–water partition coefficient (Wildman–Crippen LogP) is 0.389. The van der Waals surface area contributed by atoms with Gasteiger partial charge in [-0.25, -0.2) is 0 Å². The van der Waals surface area contributed by atoms with Crippen LogP contribution in [0.1, 0.15) is 43.4 Å². The Morgan fingerprint density at radius 1 is 0.593 bits per heavy atom. The molecule has 59 heavy (non-hydrogen) atoms. The summed E-state index contributed by atoms with van der Waals surface area (Å²) in [6.45, 7) is 2.82. The minimum Gasteiger partial charge on any atom is -0.508 e. The van der Waals surface area contributed by atoms with Gasteiger partial charge in [-0.3, -0.25) is 33.6 Å². The van der Waals surface area contributed by atoms with Crippen LogP contribution in [0.2, 0.25) is 0 Å². The second-order valence-electron chi connectivity index (χ2n) is 14.7. The van der Waals surface area contributed by atoms with Crippen LogP contribution in [0.5, 0.6) is 17.2 Å². The number of benzene rings is 3. The molecule has 0 spiro atoms. The van der Waals surface area contributed by atoms with E-state index in [1.807, 2.05) is 0 Å². The van der Waals surface area contributed by atoms with Crippen LogP contribution < -0.4 is 26.4 Å². The molecule has 1 fully saturated rings. The molecule has 0 bridgehead atoms. The monoisotopic (exact) mass is 815 g/mol. The number of rotatable bonds is 10. The van der Waals surface area contributed by atoms with E-state index in [-0.39, 0.29) is 43.6 Å². The maximum absolute atomic E-state index is 14.6. The van der Waals surface area contributed by atoms with Crippen molar-refractivity contribution >= 4 is 41.4 Å². The number of methoxy groups -OCH3 is 1. The maximum Gasteiger partial charge on any atom is 0.246 e. The van der Waals surface area contributed by atoms with Gasteiger partial charge in [-0.2, -0.15) is 0 Å². The molecule has 1 saturated heterocycles. The number of carbonyl (C=O) groups excluding carboxylic acids is 7. The number of nitrogens with one attached hydrogen (secondary N) is 3. The molecule has 17 nitrogen and oxygen atoms in total. The summed E-state index contributed by atoms with van der Waals surface area (Å²) in [5, 5.41) is 27.8. The van der Waals surface area contributed by atoms with Crippen molar-refractivity contribution in [2.75, 3.05) is 28.3 Å². The lowest BCUT2D eigenvalue weighted by Crippen LogP contribution is -2.62. The van der Waals surface area contributed by atoms with E-state index in [9.17, 15) is 43.8 Å². The lowest BCUT2D eigenvalue weighted by molar-refractivity contribution is -0.149. The second-order valence-corrected chi connectivity index (χ2v) is 14.7. The summed E-state index contributed by atoms with van der Waals surface area (Å²) in [5.74, 6) is -4.55. The van der Waals surface area contributed by atoms with Gasteiger partial charge in [0.25, 0.3) is 0 Å². The van der Waals surface area contributed by atoms with E-state index in [0.29, 0.717) is 22.4 Å². The van der Waals surface area contributed by atoms with Crippen LogP contribution in [0.3, 0.4) is 0 Å². The molecular weight excluding hydrogens is 763 g/mol. The Morgan fingerprint density at radius 2 is 1.00 bits per heavy atom. The average Bonchev–Trinajstić information content (AvgIpc) is 3.21. The molecule has 7 amide bonds. The van der Waals surface area contributed by atoms with E-state index in [1.54, 1.807) is 48.5 Å². The normalized spacial score (nSPS) is 22.8. The number of phenols is 2. The highest BCUT2D eigenvalue weighted by molar-refractivity contribution is 5.98. The smallest absolute Gasteiger partial charge is 0.246 e. The van der Waals surface area contributed by atoms with E-state index in [4.69, 9.17) is 10.5 Å². The number of hydrogen-bond acceptors (Lipinski definition) is 10. The Morgan fingerprint density at radius 3 is 1.46 bits per heavy atom. The van der Waals surface area contributed by atoms with E-state index >= 15 is 0 Å². The van der Waals surface area contributed by atoms with Gasteiger partial charge in [0, 0.05) is 46.8 Å². The zero-order chi connectivity index (χ0) is 43.6. The first-order valence-corrected chi connectivity index (χ1v) is 19.1. The fourth-order valence-corrected chi connectivity index (χ4v) is 6.73. The minimum absolute atomic E-state index is 0.0155. The predicted molar refractivity (Wildman–Crippen MR) is 216 cm³/mol. The molecule has 1 aliphatic rings. The summed E-state index contributed by atoms with van der Waals surface area (Å²) in [5.41, 5.74) is 7.18. The summed E-state index contributed by atoms with van der Waals surface area (Å²) in [7, 11) is 5.65. The molecule has 1 aliphatic heterocycles. The topological polar surface area (TPSA) is 241 Å². The van der Waals surface area contributed by atoms with Crippen LogP contribution in [0, 0.1) is 0 Å². The highest BCUT2D eigenvalue weighted by atomic mass is 16.5. The molecule has 6 atom stereocenters. The van der Waals surface area contributed by atoms with Crippen molar-refractivity contribution in [1.82, 2.24) is 30.7 Å². The largest absolute Gasteiger partial charge is 0.508 e. The molecule has 17 heteroatoms. The minimum atomic E-state index is -1.37. The van der Waals surface area contributed by atoms with Gasteiger partial charge in [0.1, 0.15) is 53.5 Å². The van der Waals surface area contributed by atoms with E-state index in [0.717, 1.165) is 4.90 Å². The van der Waals surface area contributed by atoms with Crippen LogP contribution in [0.4, 0.5) is 0 Å². The van der Waals surface area contributed by atoms with Crippen molar-refractivity contribution in [1.29, 1.82) is 0 Å². The van der Waals surface area contributed by atoms with Gasteiger partial charge < -0.3 is 51.3 Å². The molecule has 316 valence electrons. The second kappa shape index (κ2) is 20.2. The number of primary amides is 1. The Kier molecular flexibility index (Phi) is 15.4. The van der Waals surface area contributed by atoms with Gasteiger partial charge in [0.05, 0.1) is 7.11 Å². The van der Waals surface area contributed by atoms with Crippen LogP contribution in [0.25, 0.3) is 0 Å². The highest BCUT2D eigenvalue weighted by Crippen LogP contribution is 2.21. The van der Waals surface area contributed by atoms with Gasteiger partial charge in [0.15, 0.2) is 0 Å². The van der Waals surface area contributed by atoms with Gasteiger partial charge in [-0.05, 0) is 73.4 Å². The van der Waals surface area contributed by atoms with Gasteiger partial charge in [-0.1, -0.05) is 36.4 Å². The van der Waals surface area contributed by atoms with Crippen LogP contribution >= 0.6 is 0 Å². The third-order valence-electron chi connectivity index (χ3n) is 10.4. The highest BCUT2D eigenvalue weighted by Gasteiger charge is 2.39. The quantitative estimate of drug-likeness (QED) is 0.165. The number of hydrogen-bond donors (Lipinski definition) is 6. The lowest BCUT2D eigenvalue weighted by Gasteiger charge is -2.37. The lowest BCUT2D eigenvalue weighted by atomic mass is 9.99. The Bertz CT molecular complexity index is 1990. The zero-order valence-corrected chi connectivity index (χ0v) is 34.0. The SMILES string of the molecule is COc1ccc(CC2C(=O)NC(C)C(=O)N(C)C(Cc3ccc(O)cc3)C(=O)N(C)C(Cc3ccc(O)cc3)C(=O)NC(C)C(=O)NC(CCC(N)=O)C(=O)N2C)cc1. The molecule has 3 aromatic rings. The van der Waals surface area contributed by atoms with Gasteiger partial charge in [0.2, 0.25) is 41.4 Å². The number of ether oxygens (including phenoxy) is 1. The molecule has 0 radical (unpaired) electrons. The first kappa shape index (κ1) is 45.1. The Balaban J connectivity index is 1.82. The summed E-state index contributed by atoms with van der Waals surface area (Å²) < 4.78 is 5.26. The van der Waals surface area contributed by atoms with Crippen LogP contribution in [0.15, 0.2) is 72.8 Å². The summed E-state index contributed by atoms with van der Waals surface area (Å²) >= 11 is 0. The van der Waals surface area contributed by atoms with Crippen LogP contribution in [-0.2, 0) is 52.8 Å². The molecule has 6 unspecified atom stereocenters. The van der Waals surface area contributed by atoms with Crippen molar-refractivity contribution in [2.24, 2.45) is 5.73 Å². The number of amides is 7. The molecule has 0 aromatic heterocycles. The number of carbonyl (C=O) groups is 7. The molecule has 7 N–H and O–H groups in total. The molecule has 3 aromatic carbocycles. The zero-order valence-electron chi connectivity index (χ0n) is 34.0. The third-order valence-corrected chi connectivity index (χ3v) is 10.4. The summed E-state index contributed by atoms with van der Waals surface area (Å²) in [4.78, 5) is 101. The molecule has 0 saturated carbocycles. The van der Waals surface area contributed by atoms with Crippen molar-refractivity contribution in [3.8, 4) is 17.2 Å². The van der Waals surface area contributed by atoms with Crippen molar-refractivity contribution in [3.05, 3.63) is 89.5 Å². The first-order chi connectivity index (χ1) is 27.9. The third kappa shape index (κ3) is 11.9. The van der Waals surface area contributed by atoms with Crippen molar-refractivity contribution in [3.63, 3.8) is 0 Å². The number of aromatic hydroxyl groups is 2. The van der Waals surface area contributed by atoms with E-state index in [1.165, 1.54) is 76.2 Å².